The van der Waals surface area contributed by atoms with E-state index in [1.807, 2.05) is 0 Å². The summed E-state index contributed by atoms with van der Waals surface area (Å²) in [6.45, 7) is 6.05. The molecule has 0 radical (unpaired) electrons. The molecule has 112 valence electrons. The third-order valence-corrected chi connectivity index (χ3v) is 5.14. The van der Waals surface area contributed by atoms with E-state index in [0.717, 1.165) is 0 Å². The van der Waals surface area contributed by atoms with Gasteiger partial charge < -0.3 is 5.32 Å². The van der Waals surface area contributed by atoms with Crippen LogP contribution in [0.2, 0.25) is 0 Å². The van der Waals surface area contributed by atoms with Gasteiger partial charge >= 0.3 is 0 Å². The number of anilines is 1. The van der Waals surface area contributed by atoms with Crippen molar-refractivity contribution in [2.75, 3.05) is 5.32 Å². The van der Waals surface area contributed by atoms with Gasteiger partial charge in [0.25, 0.3) is 0 Å². The monoisotopic (exact) mass is 306 g/mol. The van der Waals surface area contributed by atoms with E-state index < -0.39 is 14.6 Å². The number of nitriles is 1. The zero-order valence-corrected chi connectivity index (χ0v) is 13.3. The van der Waals surface area contributed by atoms with E-state index in [9.17, 15) is 13.2 Å². The van der Waals surface area contributed by atoms with Crippen LogP contribution in [0.3, 0.4) is 0 Å². The van der Waals surface area contributed by atoms with Gasteiger partial charge in [-0.2, -0.15) is 5.26 Å². The van der Waals surface area contributed by atoms with Crippen LogP contribution in [0.1, 0.15) is 33.3 Å². The Morgan fingerprint density at radius 3 is 2.14 bits per heavy atom. The lowest BCUT2D eigenvalue weighted by molar-refractivity contribution is -0.114. The van der Waals surface area contributed by atoms with Gasteiger partial charge in [-0.25, -0.2) is 8.42 Å². The van der Waals surface area contributed by atoms with Crippen LogP contribution in [0.5, 0.6) is 0 Å². The molecule has 0 aliphatic rings. The van der Waals surface area contributed by atoms with Crippen LogP contribution < -0.4 is 5.32 Å². The fourth-order valence-electron chi connectivity index (χ4n) is 1.52. The number of nitrogens with zero attached hydrogens (tertiary/aromatic N) is 1. The van der Waals surface area contributed by atoms with Crippen LogP contribution >= 0.6 is 0 Å². The Kier molecular flexibility index (Phi) is 4.92. The second-order valence-corrected chi connectivity index (χ2v) is 8.21. The van der Waals surface area contributed by atoms with Crippen molar-refractivity contribution in [1.29, 1.82) is 5.26 Å². The van der Waals surface area contributed by atoms with Crippen molar-refractivity contribution in [1.82, 2.24) is 0 Å². The van der Waals surface area contributed by atoms with Gasteiger partial charge in [0.2, 0.25) is 5.91 Å². The number of carbonyl (C=O) groups is 1. The lowest BCUT2D eigenvalue weighted by atomic mass is 10.2. The van der Waals surface area contributed by atoms with Gasteiger partial charge in [-0.15, -0.1) is 0 Å². The quantitative estimate of drug-likeness (QED) is 0.870. The highest BCUT2D eigenvalue weighted by molar-refractivity contribution is 7.97. The molecular weight excluding hydrogens is 288 g/mol. The molecule has 0 aromatic heterocycles. The molecule has 0 saturated heterocycles. The highest BCUT2D eigenvalue weighted by Crippen LogP contribution is 2.25. The first-order chi connectivity index (χ1) is 9.57. The molecular formula is C15H18N2O3S. The molecule has 1 amide bonds. The number of carbonyl (C=O) groups excluding carboxylic acids is 1. The molecule has 0 bridgehead atoms. The molecule has 6 heteroatoms. The van der Waals surface area contributed by atoms with Gasteiger partial charge in [0.15, 0.2) is 9.84 Å². The first-order valence-electron chi connectivity index (χ1n) is 6.32. The van der Waals surface area contributed by atoms with Gasteiger partial charge in [0.1, 0.15) is 11.0 Å². The Morgan fingerprint density at radius 2 is 1.76 bits per heavy atom. The van der Waals surface area contributed by atoms with E-state index in [2.05, 4.69) is 5.32 Å². The van der Waals surface area contributed by atoms with Crippen molar-refractivity contribution in [3.8, 4) is 6.07 Å². The number of nitrogens with one attached hydrogen (secondary N) is 1. The first kappa shape index (κ1) is 16.9. The van der Waals surface area contributed by atoms with E-state index in [1.54, 1.807) is 51.1 Å². The van der Waals surface area contributed by atoms with Gasteiger partial charge in [-0.05, 0) is 44.5 Å². The Morgan fingerprint density at radius 1 is 1.24 bits per heavy atom. The zero-order chi connectivity index (χ0) is 16.3. The molecule has 5 nitrogen and oxygen atoms in total. The second kappa shape index (κ2) is 6.10. The highest BCUT2D eigenvalue weighted by atomic mass is 32.2. The van der Waals surface area contributed by atoms with E-state index in [0.29, 0.717) is 11.3 Å². The summed E-state index contributed by atoms with van der Waals surface area (Å²) < 4.78 is 23.5. The van der Waals surface area contributed by atoms with Crippen molar-refractivity contribution in [3.05, 3.63) is 34.7 Å². The van der Waals surface area contributed by atoms with Crippen molar-refractivity contribution in [3.63, 3.8) is 0 Å². The maximum Gasteiger partial charge on any atom is 0.221 e. The van der Waals surface area contributed by atoms with Crippen LogP contribution in [0.15, 0.2) is 29.2 Å². The van der Waals surface area contributed by atoms with E-state index >= 15 is 0 Å². The van der Waals surface area contributed by atoms with Crippen molar-refractivity contribution >= 4 is 27.5 Å². The molecule has 0 heterocycles. The van der Waals surface area contributed by atoms with Crippen LogP contribution in [0.25, 0.3) is 6.08 Å². The summed E-state index contributed by atoms with van der Waals surface area (Å²) in [6, 6.07) is 8.32. The van der Waals surface area contributed by atoms with Crippen LogP contribution in [0, 0.1) is 11.3 Å². The number of hydrogen-bond donors (Lipinski definition) is 1. The number of sulfone groups is 1. The number of allylic oxidation sites excluding steroid dienone is 1. The maximum absolute atomic E-state index is 12.3. The van der Waals surface area contributed by atoms with Crippen LogP contribution in [0.4, 0.5) is 5.69 Å². The van der Waals surface area contributed by atoms with Crippen LogP contribution in [-0.2, 0) is 14.6 Å². The minimum atomic E-state index is -3.69. The fourth-order valence-corrected chi connectivity index (χ4v) is 2.59. The Hall–Kier alpha value is -2.13. The summed E-state index contributed by atoms with van der Waals surface area (Å²) >= 11 is 0. The molecule has 1 aromatic carbocycles. The maximum atomic E-state index is 12.3. The predicted octanol–water partition coefficient (Wildman–Crippen LogP) is 2.72. The summed E-state index contributed by atoms with van der Waals surface area (Å²) in [4.78, 5) is 10.6. The average Bonchev–Trinajstić information content (AvgIpc) is 2.35. The molecule has 0 unspecified atom stereocenters. The van der Waals surface area contributed by atoms with Gasteiger partial charge in [-0.3, -0.25) is 4.79 Å². The number of rotatable bonds is 3. The SMILES string of the molecule is CC(=O)Nc1ccc(C=C(C#N)S(=O)(=O)C(C)(C)C)cc1. The summed E-state index contributed by atoms with van der Waals surface area (Å²) in [5, 5.41) is 11.7. The molecule has 21 heavy (non-hydrogen) atoms. The largest absolute Gasteiger partial charge is 0.326 e. The van der Waals surface area contributed by atoms with Gasteiger partial charge in [0.05, 0.1) is 4.75 Å². The molecule has 0 fully saturated rings. The lowest BCUT2D eigenvalue weighted by Crippen LogP contribution is -2.28. The normalized spacial score (nSPS) is 12.6. The molecule has 1 N–H and O–H groups in total. The van der Waals surface area contributed by atoms with Crippen molar-refractivity contribution in [2.45, 2.75) is 32.4 Å². The molecule has 0 spiro atoms. The minimum absolute atomic E-state index is 0.189. The highest BCUT2D eigenvalue weighted by Gasteiger charge is 2.32. The van der Waals surface area contributed by atoms with E-state index in [4.69, 9.17) is 5.26 Å². The fraction of sp³-hybridized carbons (Fsp3) is 0.333. The Labute approximate surface area is 125 Å². The smallest absolute Gasteiger partial charge is 0.221 e. The third kappa shape index (κ3) is 4.17. The summed E-state index contributed by atoms with van der Waals surface area (Å²) in [6.07, 6.45) is 1.33. The Bertz CT molecular complexity index is 703. The lowest BCUT2D eigenvalue weighted by Gasteiger charge is -2.18. The summed E-state index contributed by atoms with van der Waals surface area (Å²) in [7, 11) is -3.69. The van der Waals surface area contributed by atoms with E-state index in [1.165, 1.54) is 13.0 Å². The van der Waals surface area contributed by atoms with Crippen molar-refractivity contribution in [2.24, 2.45) is 0 Å². The number of amides is 1. The summed E-state index contributed by atoms with van der Waals surface area (Å²) in [5.74, 6) is -0.189. The topological polar surface area (TPSA) is 87.0 Å². The average molecular weight is 306 g/mol. The Balaban J connectivity index is 3.17. The second-order valence-electron chi connectivity index (χ2n) is 5.54. The number of benzene rings is 1. The molecule has 0 saturated carbocycles. The first-order valence-corrected chi connectivity index (χ1v) is 7.80. The standard InChI is InChI=1S/C15H18N2O3S/c1-11(18)17-13-7-5-12(6-8-13)9-14(10-16)21(19,20)15(2,3)4/h5-9H,1-4H3,(H,17,18). The van der Waals surface area contributed by atoms with Crippen molar-refractivity contribution < 1.29 is 13.2 Å². The minimum Gasteiger partial charge on any atom is -0.326 e. The molecule has 1 rings (SSSR count). The molecule has 0 aliphatic heterocycles. The predicted molar refractivity (Wildman–Crippen MR) is 83.0 cm³/mol. The van der Waals surface area contributed by atoms with Crippen LogP contribution in [-0.4, -0.2) is 19.1 Å². The van der Waals surface area contributed by atoms with E-state index in [-0.39, 0.29) is 10.8 Å². The summed E-state index contributed by atoms with van der Waals surface area (Å²) in [5.41, 5.74) is 1.19. The third-order valence-electron chi connectivity index (χ3n) is 2.73. The van der Waals surface area contributed by atoms with Gasteiger partial charge in [0, 0.05) is 12.6 Å². The molecule has 0 atom stereocenters. The zero-order valence-electron chi connectivity index (χ0n) is 12.5. The molecule has 1 aromatic rings. The van der Waals surface area contributed by atoms with Gasteiger partial charge in [-0.1, -0.05) is 12.1 Å². The molecule has 0 aliphatic carbocycles. The number of hydrogen-bond acceptors (Lipinski definition) is 4.